The summed E-state index contributed by atoms with van der Waals surface area (Å²) in [6.07, 6.45) is 3.89. The molecule has 0 spiro atoms. The van der Waals surface area contributed by atoms with Gasteiger partial charge >= 0.3 is 0 Å². The van der Waals surface area contributed by atoms with E-state index in [4.69, 9.17) is 5.11 Å². The van der Waals surface area contributed by atoms with Gasteiger partial charge in [-0.1, -0.05) is 17.9 Å². The van der Waals surface area contributed by atoms with E-state index in [-0.39, 0.29) is 12.5 Å². The summed E-state index contributed by atoms with van der Waals surface area (Å²) in [5, 5.41) is 15.3. The molecule has 1 aromatic carbocycles. The zero-order valence-corrected chi connectivity index (χ0v) is 11.8. The quantitative estimate of drug-likeness (QED) is 0.834. The van der Waals surface area contributed by atoms with Crippen molar-refractivity contribution in [3.63, 3.8) is 0 Å². The standard InChI is InChI=1S/C16H17N3O2/c1-19(12-14-10-17-18-11-14)16(21)15-7-4-6-13(9-15)5-2-3-8-20/h4,6-7,9-11,20H,3,8,12H2,1H3,(H,17,18). The van der Waals surface area contributed by atoms with E-state index in [1.165, 1.54) is 0 Å². The third kappa shape index (κ3) is 4.20. The smallest absolute Gasteiger partial charge is 0.253 e. The molecule has 1 heterocycles. The van der Waals surface area contributed by atoms with Crippen molar-refractivity contribution in [2.75, 3.05) is 13.7 Å². The number of carbonyl (C=O) groups is 1. The molecule has 0 radical (unpaired) electrons. The average Bonchev–Trinajstić information content (AvgIpc) is 3.00. The number of hydrogen-bond donors (Lipinski definition) is 2. The molecule has 21 heavy (non-hydrogen) atoms. The first-order valence-corrected chi connectivity index (χ1v) is 6.63. The van der Waals surface area contributed by atoms with E-state index in [1.807, 2.05) is 12.1 Å². The number of nitrogens with one attached hydrogen (secondary N) is 1. The number of H-pyrrole nitrogens is 1. The Kier molecular flexibility index (Phi) is 5.13. The molecule has 5 heteroatoms. The van der Waals surface area contributed by atoms with Gasteiger partial charge in [-0.3, -0.25) is 9.89 Å². The Labute approximate surface area is 123 Å². The number of benzene rings is 1. The Bertz CT molecular complexity index is 654. The Hall–Kier alpha value is -2.58. The summed E-state index contributed by atoms with van der Waals surface area (Å²) >= 11 is 0. The lowest BCUT2D eigenvalue weighted by Crippen LogP contribution is -2.26. The van der Waals surface area contributed by atoms with Gasteiger partial charge in [0.2, 0.25) is 0 Å². The number of amides is 1. The van der Waals surface area contributed by atoms with E-state index in [0.717, 1.165) is 11.1 Å². The Morgan fingerprint density at radius 1 is 1.48 bits per heavy atom. The van der Waals surface area contributed by atoms with Gasteiger partial charge in [-0.25, -0.2) is 0 Å². The van der Waals surface area contributed by atoms with Crippen molar-refractivity contribution in [1.82, 2.24) is 15.1 Å². The highest BCUT2D eigenvalue weighted by Gasteiger charge is 2.12. The fourth-order valence-electron chi connectivity index (χ4n) is 1.88. The molecular formula is C16H17N3O2. The molecule has 0 bridgehead atoms. The number of rotatable bonds is 4. The Morgan fingerprint density at radius 3 is 3.05 bits per heavy atom. The second kappa shape index (κ2) is 7.27. The lowest BCUT2D eigenvalue weighted by atomic mass is 10.1. The van der Waals surface area contributed by atoms with Crippen LogP contribution in [-0.2, 0) is 6.54 Å². The molecule has 5 nitrogen and oxygen atoms in total. The molecule has 0 fully saturated rings. The average molecular weight is 283 g/mol. The predicted octanol–water partition coefficient (Wildman–Crippen LogP) is 1.42. The van der Waals surface area contributed by atoms with Gasteiger partial charge in [0.25, 0.3) is 5.91 Å². The third-order valence-electron chi connectivity index (χ3n) is 2.90. The Morgan fingerprint density at radius 2 is 2.33 bits per heavy atom. The fraction of sp³-hybridized carbons (Fsp3) is 0.250. The molecule has 0 aliphatic rings. The van der Waals surface area contributed by atoms with E-state index in [0.29, 0.717) is 18.5 Å². The zero-order valence-electron chi connectivity index (χ0n) is 11.8. The van der Waals surface area contributed by atoms with Crippen LogP contribution in [0.5, 0.6) is 0 Å². The number of aliphatic hydroxyl groups is 1. The largest absolute Gasteiger partial charge is 0.395 e. The topological polar surface area (TPSA) is 69.2 Å². The van der Waals surface area contributed by atoms with Crippen molar-refractivity contribution in [2.24, 2.45) is 0 Å². The predicted molar refractivity (Wildman–Crippen MR) is 79.4 cm³/mol. The minimum Gasteiger partial charge on any atom is -0.395 e. The van der Waals surface area contributed by atoms with Gasteiger partial charge in [-0.2, -0.15) is 5.10 Å². The number of carbonyl (C=O) groups excluding carboxylic acids is 1. The summed E-state index contributed by atoms with van der Waals surface area (Å²) in [5.41, 5.74) is 2.31. The van der Waals surface area contributed by atoms with Crippen LogP contribution in [0, 0.1) is 11.8 Å². The molecule has 2 rings (SSSR count). The first kappa shape index (κ1) is 14.8. The second-order valence-electron chi connectivity index (χ2n) is 4.62. The lowest BCUT2D eigenvalue weighted by molar-refractivity contribution is 0.0785. The van der Waals surface area contributed by atoms with Gasteiger partial charge in [-0.05, 0) is 18.2 Å². The van der Waals surface area contributed by atoms with Crippen molar-refractivity contribution >= 4 is 5.91 Å². The maximum atomic E-state index is 12.4. The minimum atomic E-state index is -0.0676. The highest BCUT2D eigenvalue weighted by molar-refractivity contribution is 5.94. The number of aromatic nitrogens is 2. The van der Waals surface area contributed by atoms with Crippen LogP contribution in [0.1, 0.15) is 27.9 Å². The molecule has 0 unspecified atom stereocenters. The summed E-state index contributed by atoms with van der Waals surface area (Å²) in [4.78, 5) is 14.0. The first-order valence-electron chi connectivity index (χ1n) is 6.63. The van der Waals surface area contributed by atoms with Crippen molar-refractivity contribution in [2.45, 2.75) is 13.0 Å². The SMILES string of the molecule is CN(Cc1cn[nH]c1)C(=O)c1cccc(C#CCCO)c1. The van der Waals surface area contributed by atoms with Crippen molar-refractivity contribution < 1.29 is 9.90 Å². The van der Waals surface area contributed by atoms with E-state index in [9.17, 15) is 4.79 Å². The molecule has 2 N–H and O–H groups in total. The van der Waals surface area contributed by atoms with Gasteiger partial charge < -0.3 is 10.0 Å². The van der Waals surface area contributed by atoms with Gasteiger partial charge in [-0.15, -0.1) is 0 Å². The summed E-state index contributed by atoms with van der Waals surface area (Å²) in [6, 6.07) is 7.18. The van der Waals surface area contributed by atoms with Crippen molar-refractivity contribution in [1.29, 1.82) is 0 Å². The molecular weight excluding hydrogens is 266 g/mol. The van der Waals surface area contributed by atoms with Gasteiger partial charge in [0.1, 0.15) is 0 Å². The van der Waals surface area contributed by atoms with Crippen molar-refractivity contribution in [3.8, 4) is 11.8 Å². The van der Waals surface area contributed by atoms with Crippen LogP contribution in [0.3, 0.4) is 0 Å². The number of aliphatic hydroxyl groups excluding tert-OH is 1. The molecule has 0 aliphatic heterocycles. The van der Waals surface area contributed by atoms with E-state index in [1.54, 1.807) is 36.5 Å². The van der Waals surface area contributed by atoms with Crippen LogP contribution < -0.4 is 0 Å². The molecule has 108 valence electrons. The van der Waals surface area contributed by atoms with Gasteiger partial charge in [0, 0.05) is 42.9 Å². The molecule has 0 aliphatic carbocycles. The van der Waals surface area contributed by atoms with Crippen LogP contribution in [0.15, 0.2) is 36.7 Å². The lowest BCUT2D eigenvalue weighted by Gasteiger charge is -2.16. The molecule has 0 atom stereocenters. The molecule has 2 aromatic rings. The maximum Gasteiger partial charge on any atom is 0.253 e. The van der Waals surface area contributed by atoms with Crippen LogP contribution in [-0.4, -0.2) is 39.8 Å². The molecule has 0 saturated heterocycles. The molecule has 1 amide bonds. The number of aromatic amines is 1. The summed E-state index contributed by atoms with van der Waals surface area (Å²) < 4.78 is 0. The number of hydrogen-bond acceptors (Lipinski definition) is 3. The van der Waals surface area contributed by atoms with Crippen molar-refractivity contribution in [3.05, 3.63) is 53.3 Å². The summed E-state index contributed by atoms with van der Waals surface area (Å²) in [5.74, 6) is 5.71. The van der Waals surface area contributed by atoms with Gasteiger partial charge in [0.05, 0.1) is 12.8 Å². The molecule has 0 saturated carbocycles. The monoisotopic (exact) mass is 283 g/mol. The van der Waals surface area contributed by atoms with Crippen LogP contribution in [0.2, 0.25) is 0 Å². The summed E-state index contributed by atoms with van der Waals surface area (Å²) in [7, 11) is 1.75. The first-order chi connectivity index (χ1) is 10.2. The normalized spacial score (nSPS) is 9.81. The molecule has 1 aromatic heterocycles. The Balaban J connectivity index is 2.08. The van der Waals surface area contributed by atoms with E-state index in [2.05, 4.69) is 22.0 Å². The van der Waals surface area contributed by atoms with Crippen LogP contribution in [0.25, 0.3) is 0 Å². The summed E-state index contributed by atoms with van der Waals surface area (Å²) in [6.45, 7) is 0.537. The van der Waals surface area contributed by atoms with Crippen LogP contribution >= 0.6 is 0 Å². The highest BCUT2D eigenvalue weighted by Crippen LogP contribution is 2.09. The highest BCUT2D eigenvalue weighted by atomic mass is 16.2. The number of nitrogens with zero attached hydrogens (tertiary/aromatic N) is 2. The van der Waals surface area contributed by atoms with E-state index >= 15 is 0 Å². The zero-order chi connectivity index (χ0) is 15.1. The van der Waals surface area contributed by atoms with E-state index < -0.39 is 0 Å². The van der Waals surface area contributed by atoms with Crippen LogP contribution in [0.4, 0.5) is 0 Å². The third-order valence-corrected chi connectivity index (χ3v) is 2.90. The maximum absolute atomic E-state index is 12.4. The second-order valence-corrected chi connectivity index (χ2v) is 4.62. The fourth-order valence-corrected chi connectivity index (χ4v) is 1.88. The van der Waals surface area contributed by atoms with Gasteiger partial charge in [0.15, 0.2) is 0 Å². The minimum absolute atomic E-state index is 0.0407.